The van der Waals surface area contributed by atoms with Crippen molar-refractivity contribution in [3.05, 3.63) is 58.5 Å². The smallest absolute Gasteiger partial charge is 0.122 e. The van der Waals surface area contributed by atoms with E-state index < -0.39 is 0 Å². The average molecular weight is 293 g/mol. The zero-order valence-corrected chi connectivity index (χ0v) is 12.8. The van der Waals surface area contributed by atoms with Gasteiger partial charge in [-0.05, 0) is 31.3 Å². The molecule has 0 atom stereocenters. The first kappa shape index (κ1) is 15.1. The molecule has 2 aromatic rings. The molecule has 0 radical (unpaired) electrons. The van der Waals surface area contributed by atoms with Crippen molar-refractivity contribution in [1.29, 1.82) is 0 Å². The fourth-order valence-corrected chi connectivity index (χ4v) is 2.36. The molecular weight excluding hydrogens is 272 g/mol. The fourth-order valence-electron chi connectivity index (χ4n) is 2.17. The van der Waals surface area contributed by atoms with Gasteiger partial charge in [0.25, 0.3) is 0 Å². The Kier molecular flexibility index (Phi) is 5.65. The van der Waals surface area contributed by atoms with Crippen molar-refractivity contribution in [1.82, 2.24) is 10.2 Å². The minimum atomic E-state index is 0.777. The largest absolute Gasteiger partial charge is 0.468 e. The van der Waals surface area contributed by atoms with Crippen molar-refractivity contribution >= 4 is 11.6 Å². The molecule has 3 nitrogen and oxygen atoms in total. The van der Waals surface area contributed by atoms with E-state index in [-0.39, 0.29) is 0 Å². The summed E-state index contributed by atoms with van der Waals surface area (Å²) in [4.78, 5) is 2.24. The zero-order chi connectivity index (χ0) is 14.4. The Morgan fingerprint density at radius 3 is 2.65 bits per heavy atom. The summed E-state index contributed by atoms with van der Waals surface area (Å²) in [6.45, 7) is 5.48. The van der Waals surface area contributed by atoms with Gasteiger partial charge in [0.1, 0.15) is 5.76 Å². The summed E-state index contributed by atoms with van der Waals surface area (Å²) < 4.78 is 5.53. The molecule has 1 aromatic heterocycles. The molecule has 108 valence electrons. The van der Waals surface area contributed by atoms with Crippen molar-refractivity contribution < 1.29 is 4.42 Å². The van der Waals surface area contributed by atoms with Crippen LogP contribution in [0.25, 0.3) is 0 Å². The van der Waals surface area contributed by atoms with E-state index >= 15 is 0 Å². The van der Waals surface area contributed by atoms with E-state index in [1.165, 1.54) is 5.56 Å². The van der Waals surface area contributed by atoms with Gasteiger partial charge in [0.15, 0.2) is 0 Å². The summed E-state index contributed by atoms with van der Waals surface area (Å²) in [5, 5.41) is 4.11. The summed E-state index contributed by atoms with van der Waals surface area (Å²) in [5.74, 6) is 1.01. The maximum Gasteiger partial charge on any atom is 0.122 e. The number of benzene rings is 1. The van der Waals surface area contributed by atoms with Gasteiger partial charge in [-0.2, -0.15) is 0 Å². The van der Waals surface area contributed by atoms with Crippen molar-refractivity contribution in [2.24, 2.45) is 0 Å². The summed E-state index contributed by atoms with van der Waals surface area (Å²) in [6, 6.07) is 10.0. The van der Waals surface area contributed by atoms with Crippen molar-refractivity contribution in [3.8, 4) is 0 Å². The first-order chi connectivity index (χ1) is 9.70. The number of halogens is 1. The highest BCUT2D eigenvalue weighted by atomic mass is 35.5. The first-order valence-corrected chi connectivity index (χ1v) is 7.26. The lowest BCUT2D eigenvalue weighted by Crippen LogP contribution is -2.19. The minimum Gasteiger partial charge on any atom is -0.468 e. The highest BCUT2D eigenvalue weighted by Crippen LogP contribution is 2.18. The molecule has 0 aliphatic rings. The lowest BCUT2D eigenvalue weighted by Gasteiger charge is -2.17. The Labute approximate surface area is 125 Å². The van der Waals surface area contributed by atoms with Crippen LogP contribution in [0.3, 0.4) is 0 Å². The molecule has 1 N–H and O–H groups in total. The topological polar surface area (TPSA) is 28.4 Å². The van der Waals surface area contributed by atoms with Gasteiger partial charge in [-0.15, -0.1) is 0 Å². The van der Waals surface area contributed by atoms with Crippen LogP contribution in [-0.2, 0) is 19.6 Å². The standard InChI is InChI=1S/C16H21ClN2O/c1-3-18-10-16-14(8-9-20-16)12-19(2)11-13-6-4-5-7-15(13)17/h4-9,18H,3,10-12H2,1-2H3. The number of furan rings is 1. The molecule has 0 bridgehead atoms. The highest BCUT2D eigenvalue weighted by molar-refractivity contribution is 6.31. The van der Waals surface area contributed by atoms with E-state index in [1.54, 1.807) is 6.26 Å². The lowest BCUT2D eigenvalue weighted by atomic mass is 10.2. The Morgan fingerprint density at radius 1 is 1.15 bits per heavy atom. The molecule has 0 spiro atoms. The average Bonchev–Trinajstić information content (AvgIpc) is 2.86. The van der Waals surface area contributed by atoms with Crippen LogP contribution in [0.15, 0.2) is 41.0 Å². The predicted octanol–water partition coefficient (Wildman–Crippen LogP) is 3.67. The van der Waals surface area contributed by atoms with Gasteiger partial charge in [-0.3, -0.25) is 4.90 Å². The van der Waals surface area contributed by atoms with E-state index in [9.17, 15) is 0 Å². The van der Waals surface area contributed by atoms with Crippen molar-refractivity contribution in [2.75, 3.05) is 13.6 Å². The molecule has 0 aliphatic heterocycles. The maximum atomic E-state index is 6.19. The van der Waals surface area contributed by atoms with E-state index in [0.717, 1.165) is 42.5 Å². The Morgan fingerprint density at radius 2 is 1.90 bits per heavy atom. The van der Waals surface area contributed by atoms with Crippen LogP contribution < -0.4 is 5.32 Å². The van der Waals surface area contributed by atoms with Crippen LogP contribution in [0, 0.1) is 0 Å². The van der Waals surface area contributed by atoms with Crippen LogP contribution in [0.2, 0.25) is 5.02 Å². The molecule has 1 heterocycles. The molecule has 0 aliphatic carbocycles. The number of hydrogen-bond acceptors (Lipinski definition) is 3. The lowest BCUT2D eigenvalue weighted by molar-refractivity contribution is 0.315. The van der Waals surface area contributed by atoms with E-state index in [0.29, 0.717) is 0 Å². The van der Waals surface area contributed by atoms with Gasteiger partial charge in [-0.1, -0.05) is 36.7 Å². The van der Waals surface area contributed by atoms with Crippen molar-refractivity contribution in [3.63, 3.8) is 0 Å². The molecule has 1 aromatic carbocycles. The van der Waals surface area contributed by atoms with E-state index in [4.69, 9.17) is 16.0 Å². The van der Waals surface area contributed by atoms with Crippen LogP contribution in [-0.4, -0.2) is 18.5 Å². The minimum absolute atomic E-state index is 0.777. The SMILES string of the molecule is CCNCc1occc1CN(C)Cc1ccccc1Cl. The molecule has 0 unspecified atom stereocenters. The second kappa shape index (κ2) is 7.48. The maximum absolute atomic E-state index is 6.19. The van der Waals surface area contributed by atoms with Gasteiger partial charge in [0.05, 0.1) is 12.8 Å². The Hall–Kier alpha value is -1.29. The van der Waals surface area contributed by atoms with E-state index in [2.05, 4.69) is 30.3 Å². The summed E-state index contributed by atoms with van der Waals surface area (Å²) >= 11 is 6.19. The monoisotopic (exact) mass is 292 g/mol. The molecular formula is C16H21ClN2O. The predicted molar refractivity (Wildman–Crippen MR) is 82.7 cm³/mol. The fraction of sp³-hybridized carbons (Fsp3) is 0.375. The highest BCUT2D eigenvalue weighted by Gasteiger charge is 2.10. The quantitative estimate of drug-likeness (QED) is 0.844. The number of nitrogens with one attached hydrogen (secondary N) is 1. The normalized spacial score (nSPS) is 11.2. The third-order valence-electron chi connectivity index (χ3n) is 3.21. The Balaban J connectivity index is 1.96. The third kappa shape index (κ3) is 4.10. The summed E-state index contributed by atoms with van der Waals surface area (Å²) in [6.07, 6.45) is 1.76. The molecule has 0 fully saturated rings. The second-order valence-electron chi connectivity index (χ2n) is 4.91. The first-order valence-electron chi connectivity index (χ1n) is 6.88. The molecule has 20 heavy (non-hydrogen) atoms. The van der Waals surface area contributed by atoms with Crippen LogP contribution >= 0.6 is 11.6 Å². The number of hydrogen-bond donors (Lipinski definition) is 1. The second-order valence-corrected chi connectivity index (χ2v) is 5.32. The third-order valence-corrected chi connectivity index (χ3v) is 3.58. The molecule has 0 saturated heterocycles. The zero-order valence-electron chi connectivity index (χ0n) is 12.0. The summed E-state index contributed by atoms with van der Waals surface area (Å²) in [5.41, 5.74) is 2.37. The van der Waals surface area contributed by atoms with E-state index in [1.807, 2.05) is 24.3 Å². The van der Waals surface area contributed by atoms with Crippen LogP contribution in [0.5, 0.6) is 0 Å². The van der Waals surface area contributed by atoms with Gasteiger partial charge in [0.2, 0.25) is 0 Å². The molecule has 0 saturated carbocycles. The number of rotatable bonds is 7. The van der Waals surface area contributed by atoms with Crippen LogP contribution in [0.4, 0.5) is 0 Å². The van der Waals surface area contributed by atoms with Crippen molar-refractivity contribution in [2.45, 2.75) is 26.6 Å². The number of nitrogens with zero attached hydrogens (tertiary/aromatic N) is 1. The molecule has 0 amide bonds. The van der Waals surface area contributed by atoms with Crippen LogP contribution in [0.1, 0.15) is 23.8 Å². The van der Waals surface area contributed by atoms with Gasteiger partial charge < -0.3 is 9.73 Å². The summed E-state index contributed by atoms with van der Waals surface area (Å²) in [7, 11) is 2.09. The van der Waals surface area contributed by atoms with Gasteiger partial charge >= 0.3 is 0 Å². The van der Waals surface area contributed by atoms with Gasteiger partial charge in [0, 0.05) is 23.7 Å². The Bertz CT molecular complexity index is 539. The van der Waals surface area contributed by atoms with Gasteiger partial charge in [-0.25, -0.2) is 0 Å². The molecule has 2 rings (SSSR count). The molecule has 4 heteroatoms.